The second-order valence-corrected chi connectivity index (χ2v) is 6.44. The molecule has 1 heterocycles. The van der Waals surface area contributed by atoms with Crippen molar-refractivity contribution in [3.8, 4) is 0 Å². The Labute approximate surface area is 142 Å². The Hall–Kier alpha value is -2.04. The van der Waals surface area contributed by atoms with Crippen LogP contribution in [0.25, 0.3) is 6.08 Å². The van der Waals surface area contributed by atoms with Gasteiger partial charge in [0.1, 0.15) is 32.7 Å². The van der Waals surface area contributed by atoms with Gasteiger partial charge in [-0.3, -0.25) is 0 Å². The summed E-state index contributed by atoms with van der Waals surface area (Å²) in [6.45, 7) is 6.15. The Kier molecular flexibility index (Phi) is 5.72. The van der Waals surface area contributed by atoms with Crippen LogP contribution in [0.2, 0.25) is 0 Å². The predicted molar refractivity (Wildman–Crippen MR) is 91.8 cm³/mol. The van der Waals surface area contributed by atoms with Gasteiger partial charge >= 0.3 is 0 Å². The maximum absolute atomic E-state index is 13.3. The third-order valence-corrected chi connectivity index (χ3v) is 4.62. The van der Waals surface area contributed by atoms with Crippen LogP contribution in [0.4, 0.5) is 8.78 Å². The molecule has 1 saturated heterocycles. The van der Waals surface area contributed by atoms with Gasteiger partial charge in [-0.05, 0) is 23.8 Å². The second kappa shape index (κ2) is 8.18. The number of hydrogen-bond donors (Lipinski definition) is 2. The number of nitrogens with one attached hydrogen (secondary N) is 2. The summed E-state index contributed by atoms with van der Waals surface area (Å²) < 4.78 is 26.3. The van der Waals surface area contributed by atoms with Gasteiger partial charge in [0.05, 0.1) is 6.54 Å². The summed E-state index contributed by atoms with van der Waals surface area (Å²) in [5.74, 6) is -1.52. The lowest BCUT2D eigenvalue weighted by molar-refractivity contribution is -1.02. The lowest BCUT2D eigenvalue weighted by Gasteiger charge is -2.29. The van der Waals surface area contributed by atoms with Crippen LogP contribution in [0.3, 0.4) is 0 Å². The average Bonchev–Trinajstić information content (AvgIpc) is 2.61. The fourth-order valence-corrected chi connectivity index (χ4v) is 3.20. The van der Waals surface area contributed by atoms with E-state index in [1.54, 1.807) is 11.0 Å². The maximum Gasteiger partial charge on any atom is 0.159 e. The minimum atomic E-state index is -0.770. The molecule has 1 fully saturated rings. The number of rotatable bonds is 5. The number of hydrogen-bond acceptors (Lipinski definition) is 0. The van der Waals surface area contributed by atoms with Crippen molar-refractivity contribution < 1.29 is 18.6 Å². The first-order valence-electron chi connectivity index (χ1n) is 8.53. The Balaban J connectivity index is 1.44. The summed E-state index contributed by atoms with van der Waals surface area (Å²) >= 11 is 0. The molecule has 2 N–H and O–H groups in total. The van der Waals surface area contributed by atoms with Crippen LogP contribution in [0, 0.1) is 11.6 Å². The molecule has 0 saturated carbocycles. The molecule has 0 spiro atoms. The molecule has 0 amide bonds. The van der Waals surface area contributed by atoms with Crippen LogP contribution in [0.15, 0.2) is 54.6 Å². The van der Waals surface area contributed by atoms with Crippen molar-refractivity contribution in [2.75, 3.05) is 32.7 Å². The third kappa shape index (κ3) is 4.73. The Morgan fingerprint density at radius 3 is 2.25 bits per heavy atom. The molecule has 126 valence electrons. The number of piperazine rings is 1. The summed E-state index contributed by atoms with van der Waals surface area (Å²) in [7, 11) is 0. The van der Waals surface area contributed by atoms with E-state index in [2.05, 4.69) is 24.3 Å². The molecule has 2 nitrogen and oxygen atoms in total. The van der Waals surface area contributed by atoms with Gasteiger partial charge in [-0.25, -0.2) is 8.78 Å². The number of halogens is 2. The Morgan fingerprint density at radius 2 is 1.54 bits per heavy atom. The molecule has 0 bridgehead atoms. The number of benzene rings is 2. The van der Waals surface area contributed by atoms with Gasteiger partial charge in [0.25, 0.3) is 0 Å². The van der Waals surface area contributed by atoms with Crippen LogP contribution >= 0.6 is 0 Å². The highest BCUT2D eigenvalue weighted by atomic mass is 19.2. The lowest BCUT2D eigenvalue weighted by atomic mass is 10.2. The second-order valence-electron chi connectivity index (χ2n) is 6.44. The molecule has 0 unspecified atom stereocenters. The van der Waals surface area contributed by atoms with Crippen LogP contribution in [0.5, 0.6) is 0 Å². The van der Waals surface area contributed by atoms with Gasteiger partial charge in [-0.1, -0.05) is 42.5 Å². The molecule has 0 atom stereocenters. The summed E-state index contributed by atoms with van der Waals surface area (Å²) in [6.07, 6.45) is 4.42. The van der Waals surface area contributed by atoms with Crippen molar-refractivity contribution in [1.82, 2.24) is 0 Å². The van der Waals surface area contributed by atoms with Crippen molar-refractivity contribution >= 4 is 6.08 Å². The summed E-state index contributed by atoms with van der Waals surface area (Å²) in [4.78, 5) is 3.02. The van der Waals surface area contributed by atoms with E-state index >= 15 is 0 Å². The van der Waals surface area contributed by atoms with Crippen molar-refractivity contribution in [3.05, 3.63) is 77.4 Å². The topological polar surface area (TPSA) is 8.88 Å². The molecular weight excluding hydrogens is 306 g/mol. The molecule has 0 aromatic heterocycles. The first-order valence-corrected chi connectivity index (χ1v) is 8.53. The van der Waals surface area contributed by atoms with Crippen molar-refractivity contribution in [1.29, 1.82) is 0 Å². The first kappa shape index (κ1) is 16.8. The van der Waals surface area contributed by atoms with Gasteiger partial charge in [0, 0.05) is 5.56 Å². The van der Waals surface area contributed by atoms with E-state index < -0.39 is 11.6 Å². The van der Waals surface area contributed by atoms with E-state index in [1.807, 2.05) is 18.2 Å². The van der Waals surface area contributed by atoms with Crippen LogP contribution < -0.4 is 9.80 Å². The molecule has 0 radical (unpaired) electrons. The highest BCUT2D eigenvalue weighted by Crippen LogP contribution is 2.07. The molecule has 2 aromatic rings. The molecule has 3 rings (SSSR count). The largest absolute Gasteiger partial charge is 0.322 e. The number of quaternary nitrogens is 2. The zero-order valence-electron chi connectivity index (χ0n) is 13.8. The average molecular weight is 330 g/mol. The quantitative estimate of drug-likeness (QED) is 0.808. The van der Waals surface area contributed by atoms with Gasteiger partial charge in [0.15, 0.2) is 11.6 Å². The molecule has 1 aliphatic rings. The zero-order chi connectivity index (χ0) is 16.8. The Morgan fingerprint density at radius 1 is 0.833 bits per heavy atom. The van der Waals surface area contributed by atoms with Gasteiger partial charge < -0.3 is 9.80 Å². The summed E-state index contributed by atoms with van der Waals surface area (Å²) in [6, 6.07) is 14.6. The lowest BCUT2D eigenvalue weighted by Crippen LogP contribution is -3.27. The van der Waals surface area contributed by atoms with Crippen molar-refractivity contribution in [2.45, 2.75) is 6.54 Å². The molecule has 2 aromatic carbocycles. The van der Waals surface area contributed by atoms with E-state index in [1.165, 1.54) is 22.6 Å². The van der Waals surface area contributed by atoms with E-state index in [9.17, 15) is 8.78 Å². The molecule has 24 heavy (non-hydrogen) atoms. The van der Waals surface area contributed by atoms with Crippen LogP contribution in [0.1, 0.15) is 11.1 Å². The standard InChI is InChI=1S/C20H22F2N2/c21-19-9-8-18(15-20(19)22)16-24-13-11-23(12-14-24)10-4-7-17-5-2-1-3-6-17/h1-9,15H,10-14,16H2/p+2. The molecule has 1 aliphatic heterocycles. The first-order chi connectivity index (χ1) is 11.7. The zero-order valence-corrected chi connectivity index (χ0v) is 13.8. The minimum absolute atomic E-state index is 0.748. The van der Waals surface area contributed by atoms with Gasteiger partial charge in [0.2, 0.25) is 0 Å². The highest BCUT2D eigenvalue weighted by Gasteiger charge is 2.22. The van der Waals surface area contributed by atoms with Gasteiger partial charge in [-0.2, -0.15) is 0 Å². The fourth-order valence-electron chi connectivity index (χ4n) is 3.20. The monoisotopic (exact) mass is 330 g/mol. The normalized spacial score (nSPS) is 21.2. The fraction of sp³-hybridized carbons (Fsp3) is 0.300. The van der Waals surface area contributed by atoms with E-state index in [4.69, 9.17) is 0 Å². The van der Waals surface area contributed by atoms with Crippen LogP contribution in [-0.4, -0.2) is 32.7 Å². The highest BCUT2D eigenvalue weighted by molar-refractivity contribution is 5.48. The smallest absolute Gasteiger partial charge is 0.159 e. The van der Waals surface area contributed by atoms with E-state index in [-0.39, 0.29) is 0 Å². The van der Waals surface area contributed by atoms with Crippen LogP contribution in [-0.2, 0) is 6.54 Å². The van der Waals surface area contributed by atoms with Crippen molar-refractivity contribution in [2.24, 2.45) is 0 Å². The molecule has 4 heteroatoms. The molecule has 0 aliphatic carbocycles. The summed E-state index contributed by atoms with van der Waals surface area (Å²) in [5.41, 5.74) is 2.11. The van der Waals surface area contributed by atoms with E-state index in [0.29, 0.717) is 0 Å². The Bertz CT molecular complexity index is 677. The van der Waals surface area contributed by atoms with Crippen molar-refractivity contribution in [3.63, 3.8) is 0 Å². The van der Waals surface area contributed by atoms with E-state index in [0.717, 1.165) is 44.8 Å². The summed E-state index contributed by atoms with van der Waals surface area (Å²) in [5, 5.41) is 0. The SMILES string of the molecule is Fc1ccc(C[NH+]2CC[NH+](CC=Cc3ccccc3)CC2)cc1F. The third-order valence-electron chi connectivity index (χ3n) is 4.62. The minimum Gasteiger partial charge on any atom is -0.322 e. The predicted octanol–water partition coefficient (Wildman–Crippen LogP) is 0.962. The molecular formula is C20H24F2N2+2. The maximum atomic E-state index is 13.3. The van der Waals surface area contributed by atoms with Gasteiger partial charge in [-0.15, -0.1) is 0 Å².